The van der Waals surface area contributed by atoms with Gasteiger partial charge in [0.25, 0.3) is 5.91 Å². The van der Waals surface area contributed by atoms with Crippen molar-refractivity contribution in [3.8, 4) is 0 Å². The van der Waals surface area contributed by atoms with Crippen molar-refractivity contribution in [2.75, 3.05) is 19.7 Å². The third-order valence-corrected chi connectivity index (χ3v) is 3.74. The maximum absolute atomic E-state index is 12.3. The van der Waals surface area contributed by atoms with Crippen molar-refractivity contribution < 1.29 is 24.3 Å². The summed E-state index contributed by atoms with van der Waals surface area (Å²) in [5.74, 6) is -2.57. The zero-order valence-corrected chi connectivity index (χ0v) is 13.5. The Balaban J connectivity index is 1.97. The van der Waals surface area contributed by atoms with E-state index in [-0.39, 0.29) is 13.0 Å². The molecule has 0 spiro atoms. The van der Waals surface area contributed by atoms with E-state index in [9.17, 15) is 24.3 Å². The molecule has 2 rings (SSSR count). The maximum atomic E-state index is 12.3. The largest absolute Gasteiger partial charge is 0.394 e. The topological polar surface area (TPSA) is 142 Å². The summed E-state index contributed by atoms with van der Waals surface area (Å²) < 4.78 is 0. The molecule has 5 N–H and O–H groups in total. The second-order valence-electron chi connectivity index (χ2n) is 5.63. The first-order valence-electron chi connectivity index (χ1n) is 7.74. The number of nitrogens with two attached hydrogens (primary N) is 1. The number of aliphatic hydroxyl groups excluding tert-OH is 1. The SMILES string of the molecule is N[C@@H](Cc1ccccc1)C(=O)N[C@@H](CO)C(=O)N1CC(=O)NCC1=O. The lowest BCUT2D eigenvalue weighted by Crippen LogP contribution is -2.60. The zero-order valence-electron chi connectivity index (χ0n) is 13.5. The van der Waals surface area contributed by atoms with E-state index in [0.29, 0.717) is 4.90 Å². The van der Waals surface area contributed by atoms with Crippen LogP contribution in [0.2, 0.25) is 0 Å². The van der Waals surface area contributed by atoms with Crippen LogP contribution in [0.4, 0.5) is 0 Å². The van der Waals surface area contributed by atoms with Crippen molar-refractivity contribution in [2.45, 2.75) is 18.5 Å². The second-order valence-corrected chi connectivity index (χ2v) is 5.63. The van der Waals surface area contributed by atoms with E-state index in [1.807, 2.05) is 30.3 Å². The molecule has 1 heterocycles. The summed E-state index contributed by atoms with van der Waals surface area (Å²) in [5, 5.41) is 14.0. The van der Waals surface area contributed by atoms with Crippen LogP contribution in [0.5, 0.6) is 0 Å². The van der Waals surface area contributed by atoms with Gasteiger partial charge in [-0.05, 0) is 12.0 Å². The molecule has 1 fully saturated rings. The maximum Gasteiger partial charge on any atom is 0.254 e. The number of amides is 4. The number of benzene rings is 1. The molecule has 1 aromatic rings. The number of hydrogen-bond donors (Lipinski definition) is 4. The molecular formula is C16H20N4O5. The van der Waals surface area contributed by atoms with Crippen LogP contribution in [0.25, 0.3) is 0 Å². The Morgan fingerprint density at radius 3 is 2.60 bits per heavy atom. The predicted molar refractivity (Wildman–Crippen MR) is 86.9 cm³/mol. The molecule has 1 saturated heterocycles. The summed E-state index contributed by atoms with van der Waals surface area (Å²) in [6.07, 6.45) is 0.254. The standard InChI is InChI=1S/C16H20N4O5/c17-11(6-10-4-2-1-3-5-10)15(24)19-12(9-21)16(25)20-8-13(22)18-7-14(20)23/h1-5,11-12,21H,6-9,17H2,(H,18,22)(H,19,24)/t11-,12-/m0/s1. The Morgan fingerprint density at radius 1 is 1.28 bits per heavy atom. The van der Waals surface area contributed by atoms with Gasteiger partial charge in [-0.25, -0.2) is 0 Å². The fraction of sp³-hybridized carbons (Fsp3) is 0.375. The van der Waals surface area contributed by atoms with Gasteiger partial charge >= 0.3 is 0 Å². The van der Waals surface area contributed by atoms with E-state index in [2.05, 4.69) is 10.6 Å². The lowest BCUT2D eigenvalue weighted by atomic mass is 10.1. The summed E-state index contributed by atoms with van der Waals surface area (Å²) in [6.45, 7) is -1.46. The van der Waals surface area contributed by atoms with Crippen LogP contribution in [0.3, 0.4) is 0 Å². The first-order valence-corrected chi connectivity index (χ1v) is 7.74. The predicted octanol–water partition coefficient (Wildman–Crippen LogP) is -2.48. The van der Waals surface area contributed by atoms with Crippen LogP contribution in [-0.4, -0.2) is 65.4 Å². The minimum Gasteiger partial charge on any atom is -0.394 e. The molecule has 4 amide bonds. The van der Waals surface area contributed by atoms with Gasteiger partial charge in [-0.15, -0.1) is 0 Å². The van der Waals surface area contributed by atoms with Crippen molar-refractivity contribution >= 4 is 23.6 Å². The Bertz CT molecular complexity index is 664. The van der Waals surface area contributed by atoms with Gasteiger partial charge in [0.2, 0.25) is 17.7 Å². The fourth-order valence-electron chi connectivity index (χ4n) is 2.37. The van der Waals surface area contributed by atoms with Gasteiger partial charge in [0.1, 0.15) is 12.6 Å². The van der Waals surface area contributed by atoms with Gasteiger partial charge in [0.05, 0.1) is 19.2 Å². The van der Waals surface area contributed by atoms with E-state index < -0.39 is 48.9 Å². The molecule has 0 unspecified atom stereocenters. The van der Waals surface area contributed by atoms with E-state index in [4.69, 9.17) is 5.73 Å². The molecule has 0 radical (unpaired) electrons. The fourth-order valence-corrected chi connectivity index (χ4v) is 2.37. The number of piperazine rings is 1. The molecule has 134 valence electrons. The Kier molecular flexibility index (Phi) is 6.20. The van der Waals surface area contributed by atoms with Crippen LogP contribution in [-0.2, 0) is 25.6 Å². The van der Waals surface area contributed by atoms with Crippen LogP contribution in [0, 0.1) is 0 Å². The first-order chi connectivity index (χ1) is 11.9. The molecule has 1 aliphatic rings. The molecular weight excluding hydrogens is 328 g/mol. The summed E-state index contributed by atoms with van der Waals surface area (Å²) in [7, 11) is 0. The van der Waals surface area contributed by atoms with Crippen LogP contribution >= 0.6 is 0 Å². The Morgan fingerprint density at radius 2 is 1.96 bits per heavy atom. The van der Waals surface area contributed by atoms with E-state index in [1.54, 1.807) is 0 Å². The molecule has 0 aromatic heterocycles. The van der Waals surface area contributed by atoms with E-state index in [1.165, 1.54) is 0 Å². The Hall–Kier alpha value is -2.78. The van der Waals surface area contributed by atoms with Crippen LogP contribution in [0.1, 0.15) is 5.56 Å². The van der Waals surface area contributed by atoms with Gasteiger partial charge < -0.3 is 21.5 Å². The molecule has 1 aliphatic heterocycles. The van der Waals surface area contributed by atoms with Crippen molar-refractivity contribution in [3.63, 3.8) is 0 Å². The average Bonchev–Trinajstić information content (AvgIpc) is 2.61. The van der Waals surface area contributed by atoms with E-state index in [0.717, 1.165) is 5.56 Å². The minimum absolute atomic E-state index is 0.254. The summed E-state index contributed by atoms with van der Waals surface area (Å²) >= 11 is 0. The van der Waals surface area contributed by atoms with Crippen molar-refractivity contribution in [1.29, 1.82) is 0 Å². The molecule has 0 aliphatic carbocycles. The number of carbonyl (C=O) groups excluding carboxylic acids is 4. The minimum atomic E-state index is -1.34. The number of nitrogens with zero attached hydrogens (tertiary/aromatic N) is 1. The molecule has 0 saturated carbocycles. The highest BCUT2D eigenvalue weighted by molar-refractivity contribution is 6.05. The van der Waals surface area contributed by atoms with Gasteiger partial charge in [0, 0.05) is 0 Å². The highest BCUT2D eigenvalue weighted by Gasteiger charge is 2.34. The summed E-state index contributed by atoms with van der Waals surface area (Å²) in [5.41, 5.74) is 6.68. The zero-order chi connectivity index (χ0) is 18.4. The smallest absolute Gasteiger partial charge is 0.254 e. The third kappa shape index (κ3) is 4.85. The van der Waals surface area contributed by atoms with Crippen LogP contribution in [0.15, 0.2) is 30.3 Å². The highest BCUT2D eigenvalue weighted by Crippen LogP contribution is 2.04. The number of rotatable bonds is 6. The number of carbonyl (C=O) groups is 4. The van der Waals surface area contributed by atoms with Crippen molar-refractivity contribution in [3.05, 3.63) is 35.9 Å². The highest BCUT2D eigenvalue weighted by atomic mass is 16.3. The second kappa shape index (κ2) is 8.36. The molecule has 2 atom stereocenters. The summed E-state index contributed by atoms with van der Waals surface area (Å²) in [6, 6.07) is 6.81. The van der Waals surface area contributed by atoms with Gasteiger partial charge in [-0.3, -0.25) is 24.1 Å². The van der Waals surface area contributed by atoms with E-state index >= 15 is 0 Å². The number of imide groups is 1. The lowest BCUT2D eigenvalue weighted by Gasteiger charge is -2.28. The monoisotopic (exact) mass is 348 g/mol. The lowest BCUT2D eigenvalue weighted by molar-refractivity contribution is -0.153. The van der Waals surface area contributed by atoms with Crippen molar-refractivity contribution in [2.24, 2.45) is 5.73 Å². The Labute approximate surface area is 144 Å². The van der Waals surface area contributed by atoms with Gasteiger partial charge in [-0.1, -0.05) is 30.3 Å². The molecule has 9 nitrogen and oxygen atoms in total. The van der Waals surface area contributed by atoms with Crippen LogP contribution < -0.4 is 16.4 Å². The first kappa shape index (κ1) is 18.6. The van der Waals surface area contributed by atoms with Crippen molar-refractivity contribution in [1.82, 2.24) is 15.5 Å². The van der Waals surface area contributed by atoms with Gasteiger partial charge in [0.15, 0.2) is 0 Å². The number of hydrogen-bond acceptors (Lipinski definition) is 6. The quantitative estimate of drug-likeness (QED) is 0.448. The van der Waals surface area contributed by atoms with Gasteiger partial charge in [-0.2, -0.15) is 0 Å². The molecule has 25 heavy (non-hydrogen) atoms. The molecule has 1 aromatic carbocycles. The average molecular weight is 348 g/mol. The molecule has 9 heteroatoms. The third-order valence-electron chi connectivity index (χ3n) is 3.74. The molecule has 0 bridgehead atoms. The normalized spacial score (nSPS) is 16.8. The summed E-state index contributed by atoms with van der Waals surface area (Å²) in [4.78, 5) is 48.3. The number of aliphatic hydroxyl groups is 1. The number of nitrogens with one attached hydrogen (secondary N) is 2.